The molecule has 4 heteroatoms. The minimum Gasteiger partial charge on any atom is -0.309 e. The topological polar surface area (TPSA) is 21.1 Å². The summed E-state index contributed by atoms with van der Waals surface area (Å²) >= 11 is 0. The van der Waals surface area contributed by atoms with Gasteiger partial charge in [-0.15, -0.1) is 0 Å². The van der Waals surface area contributed by atoms with Crippen LogP contribution in [0, 0.1) is 5.82 Å². The Morgan fingerprint density at radius 2 is 1.34 bits per heavy atom. The van der Waals surface area contributed by atoms with Crippen molar-refractivity contribution >= 4 is 51.2 Å². The highest BCUT2D eigenvalue weighted by Gasteiger charge is 2.38. The van der Waals surface area contributed by atoms with Crippen LogP contribution >= 0.6 is 0 Å². The van der Waals surface area contributed by atoms with Crippen LogP contribution in [0.2, 0.25) is 0 Å². The Balaban J connectivity index is 1.08. The number of halogens is 1. The molecule has 240 valence electrons. The van der Waals surface area contributed by atoms with Crippen molar-refractivity contribution in [2.75, 3.05) is 4.90 Å². The van der Waals surface area contributed by atoms with E-state index in [0.29, 0.717) is 11.5 Å². The number of hydrogen-bond donors (Lipinski definition) is 0. The number of hydrogen-bond acceptors (Lipinski definition) is 2. The molecule has 0 aliphatic heterocycles. The minimum atomic E-state index is -0.300. The molecule has 0 radical (unpaired) electrons. The smallest absolute Gasteiger partial charge is 0.147 e. The molecule has 6 aromatic carbocycles. The van der Waals surface area contributed by atoms with Gasteiger partial charge < -0.3 is 4.57 Å². The quantitative estimate of drug-likeness (QED) is 0.167. The van der Waals surface area contributed by atoms with Crippen molar-refractivity contribution < 1.29 is 4.39 Å². The second kappa shape index (κ2) is 11.7. The van der Waals surface area contributed by atoms with Gasteiger partial charge in [-0.1, -0.05) is 123 Å². The maximum absolute atomic E-state index is 15.0. The van der Waals surface area contributed by atoms with Crippen molar-refractivity contribution in [3.8, 4) is 16.8 Å². The molecule has 0 atom stereocenters. The van der Waals surface area contributed by atoms with Crippen LogP contribution in [0.5, 0.6) is 0 Å². The Labute approximate surface area is 291 Å². The van der Waals surface area contributed by atoms with Crippen LogP contribution in [0.25, 0.3) is 50.8 Å². The van der Waals surface area contributed by atoms with Crippen LogP contribution in [-0.2, 0) is 5.41 Å². The number of pyridine rings is 1. The largest absolute Gasteiger partial charge is 0.309 e. The van der Waals surface area contributed by atoms with Gasteiger partial charge in [0.05, 0.1) is 16.7 Å². The summed E-state index contributed by atoms with van der Waals surface area (Å²) in [6, 6.07) is 51.5. The molecule has 1 aliphatic rings. The molecule has 0 unspecified atom stereocenters. The lowest BCUT2D eigenvalue weighted by Gasteiger charge is -2.24. The first-order valence-electron chi connectivity index (χ1n) is 17.0. The summed E-state index contributed by atoms with van der Waals surface area (Å²) in [7, 11) is 0. The normalized spacial score (nSPS) is 13.2. The number of rotatable bonds is 6. The average molecular weight is 648 g/mol. The third kappa shape index (κ3) is 4.75. The number of fused-ring (bicyclic) bond motifs is 7. The van der Waals surface area contributed by atoms with Crippen LogP contribution in [0.1, 0.15) is 36.1 Å². The molecule has 3 nitrogen and oxygen atoms in total. The molecule has 0 amide bonds. The summed E-state index contributed by atoms with van der Waals surface area (Å²) in [5.41, 5.74) is 12.3. The van der Waals surface area contributed by atoms with Crippen molar-refractivity contribution in [1.82, 2.24) is 9.55 Å². The van der Waals surface area contributed by atoms with Gasteiger partial charge in [0.15, 0.2) is 0 Å². The molecular formula is C46H34FN3. The van der Waals surface area contributed by atoms with Crippen LogP contribution in [0.4, 0.5) is 21.6 Å². The maximum Gasteiger partial charge on any atom is 0.147 e. The molecule has 1 aliphatic carbocycles. The van der Waals surface area contributed by atoms with E-state index in [4.69, 9.17) is 0 Å². The van der Waals surface area contributed by atoms with Gasteiger partial charge in [-0.05, 0) is 88.0 Å². The van der Waals surface area contributed by atoms with Gasteiger partial charge in [-0.2, -0.15) is 0 Å². The highest BCUT2D eigenvalue weighted by atomic mass is 19.1. The molecule has 50 heavy (non-hydrogen) atoms. The van der Waals surface area contributed by atoms with Gasteiger partial charge in [0.1, 0.15) is 11.6 Å². The van der Waals surface area contributed by atoms with E-state index in [9.17, 15) is 4.39 Å². The summed E-state index contributed by atoms with van der Waals surface area (Å²) in [6.45, 7) is 4.72. The Kier molecular flexibility index (Phi) is 6.99. The predicted octanol–water partition coefficient (Wildman–Crippen LogP) is 12.3. The molecule has 0 N–H and O–H groups in total. The fourth-order valence-corrected chi connectivity index (χ4v) is 7.75. The van der Waals surface area contributed by atoms with E-state index in [-0.39, 0.29) is 11.2 Å². The summed E-state index contributed by atoms with van der Waals surface area (Å²) in [5.74, 6) is 0.357. The number of aromatic nitrogens is 2. The zero-order chi connectivity index (χ0) is 33.8. The lowest BCUT2D eigenvalue weighted by molar-refractivity contribution is 0.628. The second-order valence-electron chi connectivity index (χ2n) is 13.4. The van der Waals surface area contributed by atoms with Crippen molar-refractivity contribution in [2.45, 2.75) is 19.3 Å². The minimum absolute atomic E-state index is 0.210. The van der Waals surface area contributed by atoms with Gasteiger partial charge in [0.2, 0.25) is 0 Å². The Hall–Kier alpha value is -6.26. The Morgan fingerprint density at radius 3 is 2.14 bits per heavy atom. The fraction of sp³-hybridized carbons (Fsp3) is 0.0652. The molecule has 0 saturated heterocycles. The molecule has 8 aromatic rings. The number of nitrogens with zero attached hydrogens (tertiary/aromatic N) is 3. The zero-order valence-electron chi connectivity index (χ0n) is 27.9. The van der Waals surface area contributed by atoms with Crippen LogP contribution in [-0.4, -0.2) is 9.55 Å². The van der Waals surface area contributed by atoms with Crippen molar-refractivity contribution in [3.63, 3.8) is 0 Å². The summed E-state index contributed by atoms with van der Waals surface area (Å²) in [6.07, 6.45) is 6.04. The van der Waals surface area contributed by atoms with E-state index in [1.54, 1.807) is 18.3 Å². The van der Waals surface area contributed by atoms with E-state index in [1.165, 1.54) is 55.8 Å². The van der Waals surface area contributed by atoms with Gasteiger partial charge in [-0.25, -0.2) is 9.37 Å². The van der Waals surface area contributed by atoms with E-state index in [2.05, 4.69) is 133 Å². The van der Waals surface area contributed by atoms with E-state index in [0.717, 1.165) is 16.8 Å². The summed E-state index contributed by atoms with van der Waals surface area (Å²) in [4.78, 5) is 6.36. The van der Waals surface area contributed by atoms with Crippen LogP contribution in [0.15, 0.2) is 158 Å². The molecule has 9 rings (SSSR count). The zero-order valence-corrected chi connectivity index (χ0v) is 27.9. The maximum atomic E-state index is 15.0. The standard InChI is InChI=1S/C46H34FN3/c1-46(2)39-30-32(20-19-31-21-24-34(25-22-31)49(43-18-10-11-29-48-43)42-17-9-7-15-40(42)47)23-26-35(39)37-27-28-38-36-14-6-8-16-41(36)50(45(38)44(37)46)33-12-4-3-5-13-33/h3-30H,1-2H3. The van der Waals surface area contributed by atoms with Crippen LogP contribution < -0.4 is 4.90 Å². The average Bonchev–Trinajstić information content (AvgIpc) is 3.61. The molecule has 0 spiro atoms. The monoisotopic (exact) mass is 647 g/mol. The molecular weight excluding hydrogens is 614 g/mol. The second-order valence-corrected chi connectivity index (χ2v) is 13.4. The van der Waals surface area contributed by atoms with Crippen molar-refractivity contribution in [3.05, 3.63) is 186 Å². The first-order chi connectivity index (χ1) is 24.5. The lowest BCUT2D eigenvalue weighted by Crippen LogP contribution is -2.16. The van der Waals surface area contributed by atoms with E-state index in [1.807, 2.05) is 41.3 Å². The first kappa shape index (κ1) is 29.8. The Bertz CT molecular complexity index is 2560. The predicted molar refractivity (Wildman–Crippen MR) is 206 cm³/mol. The van der Waals surface area contributed by atoms with Crippen molar-refractivity contribution in [2.24, 2.45) is 0 Å². The third-order valence-electron chi connectivity index (χ3n) is 10.1. The molecule has 0 bridgehead atoms. The highest BCUT2D eigenvalue weighted by molar-refractivity contribution is 6.13. The summed E-state index contributed by atoms with van der Waals surface area (Å²) < 4.78 is 17.4. The summed E-state index contributed by atoms with van der Waals surface area (Å²) in [5, 5.41) is 2.55. The van der Waals surface area contributed by atoms with Gasteiger partial charge in [0, 0.05) is 33.8 Å². The van der Waals surface area contributed by atoms with Gasteiger partial charge in [-0.3, -0.25) is 4.90 Å². The molecule has 2 heterocycles. The van der Waals surface area contributed by atoms with Crippen molar-refractivity contribution in [1.29, 1.82) is 0 Å². The molecule has 2 aromatic heterocycles. The Morgan fingerprint density at radius 1 is 0.640 bits per heavy atom. The van der Waals surface area contributed by atoms with E-state index >= 15 is 0 Å². The third-order valence-corrected chi connectivity index (χ3v) is 10.1. The first-order valence-corrected chi connectivity index (χ1v) is 17.0. The van der Waals surface area contributed by atoms with Gasteiger partial charge in [0.25, 0.3) is 0 Å². The van der Waals surface area contributed by atoms with Crippen LogP contribution in [0.3, 0.4) is 0 Å². The molecule has 0 fully saturated rings. The molecule has 0 saturated carbocycles. The number of anilines is 3. The number of para-hydroxylation sites is 3. The van der Waals surface area contributed by atoms with E-state index < -0.39 is 0 Å². The van der Waals surface area contributed by atoms with Gasteiger partial charge >= 0.3 is 0 Å². The lowest BCUT2D eigenvalue weighted by atomic mass is 9.81. The highest BCUT2D eigenvalue weighted by Crippen LogP contribution is 2.53. The SMILES string of the molecule is CC1(C)c2cc(C=Cc3ccc(N(c4ccccn4)c4ccccc4F)cc3)ccc2-c2ccc3c4ccccc4n(-c4ccccc4)c3c21. The number of benzene rings is 6. The fourth-order valence-electron chi connectivity index (χ4n) is 7.75.